The van der Waals surface area contributed by atoms with E-state index in [0.717, 1.165) is 0 Å². The molecule has 0 aliphatic heterocycles. The summed E-state index contributed by atoms with van der Waals surface area (Å²) >= 11 is 0. The van der Waals surface area contributed by atoms with E-state index in [-0.39, 0.29) is 11.4 Å². The zero-order valence-electron chi connectivity index (χ0n) is 9.87. The molecule has 0 unspecified atom stereocenters. The summed E-state index contributed by atoms with van der Waals surface area (Å²) in [5, 5.41) is 6.18. The molecule has 0 amide bonds. The zero-order valence-corrected chi connectivity index (χ0v) is 10.7. The van der Waals surface area contributed by atoms with Crippen LogP contribution in [-0.2, 0) is 10.3 Å². The first kappa shape index (κ1) is 13.8. The highest BCUT2D eigenvalue weighted by Crippen LogP contribution is 2.27. The molecule has 1 aromatic carbocycles. The van der Waals surface area contributed by atoms with Crippen LogP contribution in [0.5, 0.6) is 0 Å². The topological polar surface area (TPSA) is 156 Å². The van der Waals surface area contributed by atoms with Crippen LogP contribution in [0, 0.1) is 0 Å². The molecule has 0 aliphatic rings. The van der Waals surface area contributed by atoms with E-state index in [4.69, 9.17) is 10.3 Å². The molecule has 20 heavy (non-hydrogen) atoms. The molecule has 0 fully saturated rings. The molecule has 1 aromatic heterocycles. The summed E-state index contributed by atoms with van der Waals surface area (Å²) in [7, 11) is -4.54. The average Bonchev–Trinajstić information content (AvgIpc) is 2.38. The number of nitrogens with one attached hydrogen (secondary N) is 1. The van der Waals surface area contributed by atoms with E-state index in [1.165, 1.54) is 24.8 Å². The van der Waals surface area contributed by atoms with E-state index in [2.05, 4.69) is 29.9 Å². The molecular weight excluding hydrogens is 286 g/mol. The second kappa shape index (κ2) is 5.54. The van der Waals surface area contributed by atoms with E-state index in [1.807, 2.05) is 0 Å². The molecule has 2 aromatic rings. The summed E-state index contributed by atoms with van der Waals surface area (Å²) in [6, 6.07) is 4.48. The molecular formula is C9H9N7O3S. The Balaban J connectivity index is 2.20. The van der Waals surface area contributed by atoms with Gasteiger partial charge in [-0.25, -0.2) is 15.0 Å². The predicted octanol–water partition coefficient (Wildman–Crippen LogP) is 1.08. The van der Waals surface area contributed by atoms with Crippen LogP contribution >= 0.6 is 0 Å². The summed E-state index contributed by atoms with van der Waals surface area (Å²) in [6.07, 6.45) is 2.65. The molecule has 0 saturated carbocycles. The summed E-state index contributed by atoms with van der Waals surface area (Å²) in [6.45, 7) is 0. The van der Waals surface area contributed by atoms with Crippen molar-refractivity contribution < 1.29 is 13.0 Å². The molecule has 1 heterocycles. The van der Waals surface area contributed by atoms with Crippen molar-refractivity contribution in [1.82, 2.24) is 15.0 Å². The van der Waals surface area contributed by atoms with Gasteiger partial charge in [-0.05, 0) is 22.7 Å². The summed E-state index contributed by atoms with van der Waals surface area (Å²) in [5.41, 5.74) is 6.51. The van der Waals surface area contributed by atoms with Gasteiger partial charge in [-0.2, -0.15) is 8.42 Å². The van der Waals surface area contributed by atoms with Crippen LogP contribution in [-0.4, -0.2) is 27.9 Å². The van der Waals surface area contributed by atoms with Crippen molar-refractivity contribution in [1.29, 1.82) is 0 Å². The lowest BCUT2D eigenvalue weighted by atomic mass is 10.2. The van der Waals surface area contributed by atoms with Crippen molar-refractivity contribution in [3.63, 3.8) is 0 Å². The van der Waals surface area contributed by atoms with E-state index < -0.39 is 10.3 Å². The van der Waals surface area contributed by atoms with Gasteiger partial charge in [0.05, 0.1) is 5.69 Å². The Hall–Kier alpha value is -2.66. The lowest BCUT2D eigenvalue weighted by molar-refractivity contribution is 0.482. The van der Waals surface area contributed by atoms with Crippen molar-refractivity contribution in [2.24, 2.45) is 9.63 Å². The Morgan fingerprint density at radius 1 is 1.25 bits per heavy atom. The quantitative estimate of drug-likeness (QED) is 0.429. The highest BCUT2D eigenvalue weighted by Gasteiger charge is 2.04. The van der Waals surface area contributed by atoms with Crippen molar-refractivity contribution in [2.45, 2.75) is 0 Å². The van der Waals surface area contributed by atoms with Gasteiger partial charge in [0, 0.05) is 5.69 Å². The maximum absolute atomic E-state index is 10.4. The molecule has 0 spiro atoms. The van der Waals surface area contributed by atoms with Crippen LogP contribution in [0.2, 0.25) is 0 Å². The summed E-state index contributed by atoms with van der Waals surface area (Å²) in [5.74, 6) is 0.326. The third-order valence-electron chi connectivity index (χ3n) is 2.03. The van der Waals surface area contributed by atoms with Gasteiger partial charge in [-0.1, -0.05) is 0 Å². The maximum Gasteiger partial charge on any atom is 0.396 e. The molecule has 0 atom stereocenters. The molecule has 4 N–H and O–H groups in total. The minimum Gasteiger partial charge on any atom is -0.397 e. The number of nitrogens with zero attached hydrogens (tertiary/aromatic N) is 5. The van der Waals surface area contributed by atoms with Crippen molar-refractivity contribution in [3.05, 3.63) is 30.9 Å². The van der Waals surface area contributed by atoms with Gasteiger partial charge in [-0.3, -0.25) is 4.55 Å². The van der Waals surface area contributed by atoms with Gasteiger partial charge in [0.2, 0.25) is 5.95 Å². The third kappa shape index (κ3) is 3.93. The lowest BCUT2D eigenvalue weighted by Gasteiger charge is -2.05. The van der Waals surface area contributed by atoms with E-state index >= 15 is 0 Å². The highest BCUT2D eigenvalue weighted by molar-refractivity contribution is 7.84. The second-order valence-corrected chi connectivity index (χ2v) is 4.55. The van der Waals surface area contributed by atoms with Gasteiger partial charge in [-0.15, -0.1) is 5.11 Å². The van der Waals surface area contributed by atoms with E-state index in [1.54, 1.807) is 6.07 Å². The first-order valence-corrected chi connectivity index (χ1v) is 6.53. The number of hydrogen-bond acceptors (Lipinski definition) is 8. The number of anilines is 3. The largest absolute Gasteiger partial charge is 0.397 e. The van der Waals surface area contributed by atoms with Gasteiger partial charge in [0.25, 0.3) is 0 Å². The van der Waals surface area contributed by atoms with Gasteiger partial charge < -0.3 is 11.1 Å². The molecule has 2 rings (SSSR count). The first-order valence-electron chi connectivity index (χ1n) is 5.13. The fourth-order valence-electron chi connectivity index (χ4n) is 1.25. The van der Waals surface area contributed by atoms with Crippen molar-refractivity contribution in [3.8, 4) is 0 Å². The fourth-order valence-corrected chi connectivity index (χ4v) is 1.44. The zero-order chi connectivity index (χ0) is 14.6. The van der Waals surface area contributed by atoms with Gasteiger partial charge in [0.15, 0.2) is 0 Å². The SMILES string of the molecule is Nc1cc(Nc2ncncn2)ccc1N=NS(=O)(=O)O. The molecule has 104 valence electrons. The highest BCUT2D eigenvalue weighted by atomic mass is 32.2. The van der Waals surface area contributed by atoms with Crippen LogP contribution in [0.15, 0.2) is 40.5 Å². The van der Waals surface area contributed by atoms with Gasteiger partial charge in [0.1, 0.15) is 18.3 Å². The Labute approximate surface area is 113 Å². The Bertz CT molecular complexity index is 732. The van der Waals surface area contributed by atoms with Crippen LogP contribution in [0.3, 0.4) is 0 Å². The summed E-state index contributed by atoms with van der Waals surface area (Å²) < 4.78 is 32.1. The molecule has 0 bridgehead atoms. The average molecular weight is 295 g/mol. The maximum atomic E-state index is 10.4. The standard InChI is InChI=1S/C9H9N7O3S/c10-7-3-6(14-9-12-4-11-5-13-9)1-2-8(7)15-16-20(17,18)19/h1-5H,10H2,(H,17,18,19)(H,11,12,13,14). The van der Waals surface area contributed by atoms with E-state index in [9.17, 15) is 8.42 Å². The van der Waals surface area contributed by atoms with E-state index in [0.29, 0.717) is 11.6 Å². The second-order valence-electron chi connectivity index (χ2n) is 3.49. The molecule has 0 radical (unpaired) electrons. The number of benzene rings is 1. The number of nitrogens with two attached hydrogens (primary N) is 1. The molecule has 0 saturated heterocycles. The van der Waals surface area contributed by atoms with Crippen LogP contribution in [0.1, 0.15) is 0 Å². The molecule has 11 heteroatoms. The number of hydrogen-bond donors (Lipinski definition) is 3. The smallest absolute Gasteiger partial charge is 0.396 e. The minimum absolute atomic E-state index is 0.101. The lowest BCUT2D eigenvalue weighted by Crippen LogP contribution is -1.97. The van der Waals surface area contributed by atoms with Crippen molar-refractivity contribution in [2.75, 3.05) is 11.1 Å². The first-order chi connectivity index (χ1) is 9.44. The number of aromatic nitrogens is 3. The molecule has 0 aliphatic carbocycles. The Kier molecular flexibility index (Phi) is 3.81. The normalized spacial score (nSPS) is 11.7. The number of rotatable bonds is 4. The Morgan fingerprint density at radius 2 is 1.95 bits per heavy atom. The minimum atomic E-state index is -4.54. The third-order valence-corrected chi connectivity index (χ3v) is 2.32. The number of nitrogen functional groups attached to an aromatic ring is 1. The van der Waals surface area contributed by atoms with Crippen LogP contribution in [0.4, 0.5) is 23.0 Å². The van der Waals surface area contributed by atoms with Crippen LogP contribution < -0.4 is 11.1 Å². The summed E-state index contributed by atoms with van der Waals surface area (Å²) in [4.78, 5) is 11.4. The predicted molar refractivity (Wildman–Crippen MR) is 70.0 cm³/mol. The Morgan fingerprint density at radius 3 is 2.55 bits per heavy atom. The van der Waals surface area contributed by atoms with Gasteiger partial charge >= 0.3 is 10.3 Å². The monoisotopic (exact) mass is 295 g/mol. The molecule has 10 nitrogen and oxygen atoms in total. The van der Waals surface area contributed by atoms with Crippen molar-refractivity contribution >= 4 is 33.3 Å². The van der Waals surface area contributed by atoms with Crippen LogP contribution in [0.25, 0.3) is 0 Å². The fraction of sp³-hybridized carbons (Fsp3) is 0.